The van der Waals surface area contributed by atoms with Crippen molar-refractivity contribution in [1.82, 2.24) is 14.8 Å². The maximum absolute atomic E-state index is 11.4. The number of carbonyl (C=O) groups excluding carboxylic acids is 1. The van der Waals surface area contributed by atoms with E-state index < -0.39 is 6.10 Å². The topological polar surface area (TPSA) is 80.5 Å². The van der Waals surface area contributed by atoms with Gasteiger partial charge in [0.2, 0.25) is 5.95 Å². The Labute approximate surface area is 196 Å². The standard InChI is InChI=1S/C23H25ClN4O3S/c1-16(29)17-7-9-21(10-8-17)31-14-20(30)15-32-23-26-25-22(27-11-2-3-12-27)28(23)19-6-4-5-18(24)13-19/h4-10,13,20,30H,2-3,11-12,14-15H2,1H3. The third-order valence-electron chi connectivity index (χ3n) is 5.18. The first-order valence-electron chi connectivity index (χ1n) is 10.5. The Bertz CT molecular complexity index is 1070. The Balaban J connectivity index is 1.42. The molecule has 0 bridgehead atoms. The van der Waals surface area contributed by atoms with Crippen LogP contribution in [0.1, 0.15) is 30.1 Å². The summed E-state index contributed by atoms with van der Waals surface area (Å²) in [6.45, 7) is 3.55. The summed E-state index contributed by atoms with van der Waals surface area (Å²) < 4.78 is 7.66. The van der Waals surface area contributed by atoms with Crippen LogP contribution < -0.4 is 9.64 Å². The third kappa shape index (κ3) is 5.43. The van der Waals surface area contributed by atoms with E-state index in [1.165, 1.54) is 18.7 Å². The molecule has 1 saturated heterocycles. The zero-order chi connectivity index (χ0) is 22.5. The molecule has 1 unspecified atom stereocenters. The minimum atomic E-state index is -0.702. The van der Waals surface area contributed by atoms with Crippen molar-refractivity contribution in [3.8, 4) is 11.4 Å². The molecule has 0 amide bonds. The Morgan fingerprint density at radius 3 is 2.62 bits per heavy atom. The molecule has 9 heteroatoms. The number of nitrogens with zero attached hydrogens (tertiary/aromatic N) is 4. The summed E-state index contributed by atoms with van der Waals surface area (Å²) in [7, 11) is 0. The minimum Gasteiger partial charge on any atom is -0.491 e. The summed E-state index contributed by atoms with van der Waals surface area (Å²) in [6.07, 6.45) is 1.56. The highest BCUT2D eigenvalue weighted by Crippen LogP contribution is 2.30. The van der Waals surface area contributed by atoms with Gasteiger partial charge in [-0.3, -0.25) is 9.36 Å². The molecule has 32 heavy (non-hydrogen) atoms. The summed E-state index contributed by atoms with van der Waals surface area (Å²) in [6, 6.07) is 14.5. The minimum absolute atomic E-state index is 0.00472. The molecular weight excluding hydrogens is 448 g/mol. The number of ether oxygens (including phenoxy) is 1. The van der Waals surface area contributed by atoms with Crippen LogP contribution in [0.4, 0.5) is 5.95 Å². The predicted molar refractivity (Wildman–Crippen MR) is 126 cm³/mol. The highest BCUT2D eigenvalue weighted by atomic mass is 35.5. The molecule has 2 aromatic carbocycles. The van der Waals surface area contributed by atoms with Gasteiger partial charge in [0, 0.05) is 29.4 Å². The lowest BCUT2D eigenvalue weighted by atomic mass is 10.1. The number of ketones is 1. The van der Waals surface area contributed by atoms with Gasteiger partial charge in [-0.1, -0.05) is 29.4 Å². The van der Waals surface area contributed by atoms with Crippen LogP contribution in [-0.2, 0) is 0 Å². The molecule has 1 fully saturated rings. The molecule has 1 N–H and O–H groups in total. The van der Waals surface area contributed by atoms with Gasteiger partial charge in [-0.05, 0) is 62.2 Å². The Morgan fingerprint density at radius 1 is 1.19 bits per heavy atom. The average Bonchev–Trinajstić information content (AvgIpc) is 3.46. The summed E-state index contributed by atoms with van der Waals surface area (Å²) in [5.74, 6) is 1.80. The summed E-state index contributed by atoms with van der Waals surface area (Å²) in [4.78, 5) is 13.6. The number of benzene rings is 2. The first-order valence-corrected chi connectivity index (χ1v) is 11.9. The van der Waals surface area contributed by atoms with Gasteiger partial charge in [0.25, 0.3) is 0 Å². The fourth-order valence-corrected chi connectivity index (χ4v) is 4.55. The second kappa shape index (κ2) is 10.4. The molecule has 2 heterocycles. The molecule has 4 rings (SSSR count). The molecule has 168 valence electrons. The van der Waals surface area contributed by atoms with Gasteiger partial charge in [0.05, 0.1) is 11.8 Å². The number of halogens is 1. The monoisotopic (exact) mass is 472 g/mol. The lowest BCUT2D eigenvalue weighted by Gasteiger charge is -2.19. The number of anilines is 1. The smallest absolute Gasteiger partial charge is 0.232 e. The first-order chi connectivity index (χ1) is 15.5. The van der Waals surface area contributed by atoms with Crippen LogP contribution in [0.5, 0.6) is 5.75 Å². The molecule has 0 aliphatic carbocycles. The van der Waals surface area contributed by atoms with Crippen LogP contribution in [-0.4, -0.2) is 57.2 Å². The molecule has 1 aliphatic heterocycles. The summed E-state index contributed by atoms with van der Waals surface area (Å²) >= 11 is 7.65. The summed E-state index contributed by atoms with van der Waals surface area (Å²) in [5.41, 5.74) is 1.52. The fourth-order valence-electron chi connectivity index (χ4n) is 3.52. The van der Waals surface area contributed by atoms with Gasteiger partial charge in [-0.25, -0.2) is 0 Å². The van der Waals surface area contributed by atoms with Gasteiger partial charge < -0.3 is 14.7 Å². The van der Waals surface area contributed by atoms with Crippen LogP contribution in [0.25, 0.3) is 5.69 Å². The normalized spacial score (nSPS) is 14.5. The number of hydrogen-bond acceptors (Lipinski definition) is 7. The summed E-state index contributed by atoms with van der Waals surface area (Å²) in [5, 5.41) is 20.6. The maximum atomic E-state index is 11.4. The highest BCUT2D eigenvalue weighted by Gasteiger charge is 2.23. The number of aliphatic hydroxyl groups is 1. The van der Waals surface area contributed by atoms with E-state index in [0.717, 1.165) is 37.6 Å². The van der Waals surface area contributed by atoms with Gasteiger partial charge in [0.15, 0.2) is 10.9 Å². The number of aliphatic hydroxyl groups excluding tert-OH is 1. The van der Waals surface area contributed by atoms with E-state index in [0.29, 0.717) is 27.2 Å². The van der Waals surface area contributed by atoms with E-state index >= 15 is 0 Å². The first kappa shape index (κ1) is 22.6. The SMILES string of the molecule is CC(=O)c1ccc(OCC(O)CSc2nnc(N3CCCC3)n2-c2cccc(Cl)c2)cc1. The molecular formula is C23H25ClN4O3S. The molecule has 7 nitrogen and oxygen atoms in total. The second-order valence-electron chi connectivity index (χ2n) is 7.65. The van der Waals surface area contributed by atoms with Crippen molar-refractivity contribution in [2.45, 2.75) is 31.0 Å². The predicted octanol–water partition coefficient (Wildman–Crippen LogP) is 4.26. The lowest BCUT2D eigenvalue weighted by molar-refractivity contribution is 0.101. The van der Waals surface area contributed by atoms with Crippen molar-refractivity contribution < 1.29 is 14.6 Å². The quantitative estimate of drug-likeness (QED) is 0.368. The number of Topliss-reactive ketones (excluding diaryl/α,β-unsaturated/α-hetero) is 1. The van der Waals surface area contributed by atoms with E-state index in [1.54, 1.807) is 24.3 Å². The van der Waals surface area contributed by atoms with E-state index in [4.69, 9.17) is 16.3 Å². The number of thioether (sulfide) groups is 1. The molecule has 1 atom stereocenters. The van der Waals surface area contributed by atoms with Crippen molar-refractivity contribution in [3.05, 3.63) is 59.1 Å². The zero-order valence-corrected chi connectivity index (χ0v) is 19.3. The fraction of sp³-hybridized carbons (Fsp3) is 0.348. The van der Waals surface area contributed by atoms with Crippen LogP contribution in [0.15, 0.2) is 53.7 Å². The van der Waals surface area contributed by atoms with Crippen LogP contribution >= 0.6 is 23.4 Å². The molecule has 0 saturated carbocycles. The molecule has 3 aromatic rings. The lowest BCUT2D eigenvalue weighted by Crippen LogP contribution is -2.22. The molecule has 0 radical (unpaired) electrons. The van der Waals surface area contributed by atoms with E-state index in [1.807, 2.05) is 28.8 Å². The van der Waals surface area contributed by atoms with Crippen molar-refractivity contribution >= 4 is 35.1 Å². The largest absolute Gasteiger partial charge is 0.491 e. The van der Waals surface area contributed by atoms with Crippen molar-refractivity contribution in [2.24, 2.45) is 0 Å². The van der Waals surface area contributed by atoms with Crippen LogP contribution in [0.2, 0.25) is 5.02 Å². The van der Waals surface area contributed by atoms with Gasteiger partial charge in [-0.2, -0.15) is 0 Å². The highest BCUT2D eigenvalue weighted by molar-refractivity contribution is 7.99. The van der Waals surface area contributed by atoms with Crippen molar-refractivity contribution in [2.75, 3.05) is 30.3 Å². The number of hydrogen-bond donors (Lipinski definition) is 1. The number of aromatic nitrogens is 3. The Kier molecular flexibility index (Phi) is 7.34. The maximum Gasteiger partial charge on any atom is 0.232 e. The Hall–Kier alpha value is -2.55. The van der Waals surface area contributed by atoms with E-state index in [2.05, 4.69) is 15.1 Å². The molecule has 1 aromatic heterocycles. The van der Waals surface area contributed by atoms with E-state index in [-0.39, 0.29) is 12.4 Å². The molecule has 0 spiro atoms. The zero-order valence-electron chi connectivity index (χ0n) is 17.8. The van der Waals surface area contributed by atoms with Gasteiger partial charge in [-0.15, -0.1) is 10.2 Å². The molecule has 1 aliphatic rings. The van der Waals surface area contributed by atoms with Gasteiger partial charge in [0.1, 0.15) is 12.4 Å². The van der Waals surface area contributed by atoms with Crippen LogP contribution in [0.3, 0.4) is 0 Å². The second-order valence-corrected chi connectivity index (χ2v) is 9.07. The number of rotatable bonds is 9. The Morgan fingerprint density at radius 2 is 1.94 bits per heavy atom. The number of carbonyl (C=O) groups is 1. The van der Waals surface area contributed by atoms with Crippen LogP contribution in [0, 0.1) is 0 Å². The average molecular weight is 473 g/mol. The van der Waals surface area contributed by atoms with E-state index in [9.17, 15) is 9.90 Å². The third-order valence-corrected chi connectivity index (χ3v) is 6.49. The van der Waals surface area contributed by atoms with Crippen molar-refractivity contribution in [3.63, 3.8) is 0 Å². The van der Waals surface area contributed by atoms with Crippen molar-refractivity contribution in [1.29, 1.82) is 0 Å². The van der Waals surface area contributed by atoms with Gasteiger partial charge >= 0.3 is 0 Å².